The Morgan fingerprint density at radius 1 is 1.25 bits per heavy atom. The molecule has 0 saturated heterocycles. The van der Waals surface area contributed by atoms with Crippen molar-refractivity contribution in [3.8, 4) is 5.88 Å². The Bertz CT molecular complexity index is 296. The first-order valence-electron chi connectivity index (χ1n) is 5.55. The van der Waals surface area contributed by atoms with Crippen LogP contribution in [0.25, 0.3) is 0 Å². The molecular formula is C12H20N2O2. The number of ether oxygens (including phenoxy) is 2. The summed E-state index contributed by atoms with van der Waals surface area (Å²) in [6, 6.07) is 3.76. The summed E-state index contributed by atoms with van der Waals surface area (Å²) in [5, 5.41) is 0. The van der Waals surface area contributed by atoms with Crippen molar-refractivity contribution in [1.82, 2.24) is 4.98 Å². The van der Waals surface area contributed by atoms with Crippen LogP contribution in [-0.4, -0.2) is 24.3 Å². The molecule has 0 fully saturated rings. The van der Waals surface area contributed by atoms with Crippen molar-refractivity contribution in [3.63, 3.8) is 0 Å². The number of nitrogens with zero attached hydrogens (tertiary/aromatic N) is 1. The lowest BCUT2D eigenvalue weighted by atomic mass is 10.2. The third-order valence-electron chi connectivity index (χ3n) is 2.07. The molecule has 0 radical (unpaired) electrons. The van der Waals surface area contributed by atoms with E-state index in [1.54, 1.807) is 6.20 Å². The second-order valence-electron chi connectivity index (χ2n) is 3.99. The molecule has 0 spiro atoms. The Kier molecular flexibility index (Phi) is 5.22. The van der Waals surface area contributed by atoms with E-state index in [4.69, 9.17) is 15.2 Å². The zero-order valence-electron chi connectivity index (χ0n) is 10.1. The van der Waals surface area contributed by atoms with Crippen molar-refractivity contribution in [3.05, 3.63) is 23.9 Å². The van der Waals surface area contributed by atoms with Crippen molar-refractivity contribution < 1.29 is 9.47 Å². The molecule has 1 rings (SSSR count). The first-order valence-corrected chi connectivity index (χ1v) is 5.55. The highest BCUT2D eigenvalue weighted by molar-refractivity contribution is 5.19. The highest BCUT2D eigenvalue weighted by Crippen LogP contribution is 2.12. The average molecular weight is 224 g/mol. The maximum atomic E-state index is 5.72. The molecular weight excluding hydrogens is 204 g/mol. The number of pyridine rings is 1. The smallest absolute Gasteiger partial charge is 0.213 e. The standard InChI is InChI=1S/C12H20N2O2/c1-9(2)15-6-7-16-12-5-4-11(8-14-12)10(3)13/h4-5,8-10H,6-7,13H2,1-3H3. The van der Waals surface area contributed by atoms with E-state index in [0.717, 1.165) is 5.56 Å². The van der Waals surface area contributed by atoms with E-state index in [2.05, 4.69) is 4.98 Å². The van der Waals surface area contributed by atoms with Crippen LogP contribution < -0.4 is 10.5 Å². The van der Waals surface area contributed by atoms with Crippen LogP contribution in [0.15, 0.2) is 18.3 Å². The van der Waals surface area contributed by atoms with E-state index in [0.29, 0.717) is 19.1 Å². The van der Waals surface area contributed by atoms with Gasteiger partial charge in [0.1, 0.15) is 6.61 Å². The van der Waals surface area contributed by atoms with Crippen LogP contribution in [-0.2, 0) is 4.74 Å². The third kappa shape index (κ3) is 4.59. The van der Waals surface area contributed by atoms with E-state index in [1.165, 1.54) is 0 Å². The lowest BCUT2D eigenvalue weighted by molar-refractivity contribution is 0.0542. The minimum Gasteiger partial charge on any atom is -0.475 e. The van der Waals surface area contributed by atoms with E-state index in [9.17, 15) is 0 Å². The monoisotopic (exact) mass is 224 g/mol. The molecule has 16 heavy (non-hydrogen) atoms. The Morgan fingerprint density at radius 2 is 2.00 bits per heavy atom. The van der Waals surface area contributed by atoms with Gasteiger partial charge in [-0.15, -0.1) is 0 Å². The average Bonchev–Trinajstić information content (AvgIpc) is 2.25. The third-order valence-corrected chi connectivity index (χ3v) is 2.07. The maximum Gasteiger partial charge on any atom is 0.213 e. The van der Waals surface area contributed by atoms with Crippen molar-refractivity contribution in [2.45, 2.75) is 32.9 Å². The number of rotatable bonds is 6. The first kappa shape index (κ1) is 12.9. The molecule has 1 aromatic rings. The van der Waals surface area contributed by atoms with Crippen molar-refractivity contribution >= 4 is 0 Å². The van der Waals surface area contributed by atoms with Crippen LogP contribution in [0.1, 0.15) is 32.4 Å². The Hall–Kier alpha value is -1.13. The number of nitrogens with two attached hydrogens (primary N) is 1. The zero-order valence-corrected chi connectivity index (χ0v) is 10.1. The second kappa shape index (κ2) is 6.45. The Balaban J connectivity index is 2.32. The van der Waals surface area contributed by atoms with Crippen LogP contribution in [0.4, 0.5) is 0 Å². The molecule has 90 valence electrons. The van der Waals surface area contributed by atoms with E-state index in [-0.39, 0.29) is 12.1 Å². The molecule has 0 bridgehead atoms. The van der Waals surface area contributed by atoms with Crippen LogP contribution in [0.2, 0.25) is 0 Å². The summed E-state index contributed by atoms with van der Waals surface area (Å²) in [4.78, 5) is 4.16. The second-order valence-corrected chi connectivity index (χ2v) is 3.99. The normalized spacial score (nSPS) is 12.8. The van der Waals surface area contributed by atoms with Gasteiger partial charge in [-0.05, 0) is 26.3 Å². The molecule has 1 heterocycles. The van der Waals surface area contributed by atoms with E-state index < -0.39 is 0 Å². The zero-order chi connectivity index (χ0) is 12.0. The fourth-order valence-electron chi connectivity index (χ4n) is 1.18. The van der Waals surface area contributed by atoms with Crippen LogP contribution in [0.5, 0.6) is 5.88 Å². The van der Waals surface area contributed by atoms with Crippen molar-refractivity contribution in [2.75, 3.05) is 13.2 Å². The van der Waals surface area contributed by atoms with Gasteiger partial charge in [0.05, 0.1) is 12.7 Å². The molecule has 0 amide bonds. The summed E-state index contributed by atoms with van der Waals surface area (Å²) in [5.74, 6) is 0.608. The number of hydrogen-bond acceptors (Lipinski definition) is 4. The predicted octanol–water partition coefficient (Wildman–Crippen LogP) is 1.91. The van der Waals surface area contributed by atoms with Gasteiger partial charge in [-0.3, -0.25) is 0 Å². The number of aromatic nitrogens is 1. The molecule has 1 aromatic heterocycles. The van der Waals surface area contributed by atoms with E-state index >= 15 is 0 Å². The summed E-state index contributed by atoms with van der Waals surface area (Å²) in [7, 11) is 0. The van der Waals surface area contributed by atoms with Gasteiger partial charge in [0.2, 0.25) is 5.88 Å². The lowest BCUT2D eigenvalue weighted by Crippen LogP contribution is -2.12. The van der Waals surface area contributed by atoms with Crippen LogP contribution in [0.3, 0.4) is 0 Å². The molecule has 0 aromatic carbocycles. The molecule has 0 aliphatic carbocycles. The van der Waals surface area contributed by atoms with Gasteiger partial charge in [-0.2, -0.15) is 0 Å². The van der Waals surface area contributed by atoms with Gasteiger partial charge in [0.15, 0.2) is 0 Å². The van der Waals surface area contributed by atoms with Gasteiger partial charge in [0.25, 0.3) is 0 Å². The first-order chi connectivity index (χ1) is 7.59. The largest absolute Gasteiger partial charge is 0.475 e. The molecule has 1 atom stereocenters. The summed E-state index contributed by atoms with van der Waals surface area (Å²) >= 11 is 0. The highest BCUT2D eigenvalue weighted by Gasteiger charge is 2.01. The molecule has 1 unspecified atom stereocenters. The molecule has 0 saturated carbocycles. The summed E-state index contributed by atoms with van der Waals surface area (Å²) < 4.78 is 10.8. The lowest BCUT2D eigenvalue weighted by Gasteiger charge is -2.09. The summed E-state index contributed by atoms with van der Waals surface area (Å²) in [5.41, 5.74) is 6.72. The van der Waals surface area contributed by atoms with Crippen LogP contribution in [0, 0.1) is 0 Å². The fraction of sp³-hybridized carbons (Fsp3) is 0.583. The summed E-state index contributed by atoms with van der Waals surface area (Å²) in [6.45, 7) is 7.01. The van der Waals surface area contributed by atoms with Gasteiger partial charge in [-0.25, -0.2) is 4.98 Å². The summed E-state index contributed by atoms with van der Waals surface area (Å²) in [6.07, 6.45) is 1.97. The Morgan fingerprint density at radius 3 is 2.50 bits per heavy atom. The molecule has 0 aliphatic rings. The minimum absolute atomic E-state index is 0.00539. The van der Waals surface area contributed by atoms with Gasteiger partial charge >= 0.3 is 0 Å². The topological polar surface area (TPSA) is 57.4 Å². The molecule has 4 heteroatoms. The van der Waals surface area contributed by atoms with E-state index in [1.807, 2.05) is 32.9 Å². The highest BCUT2D eigenvalue weighted by atomic mass is 16.5. The SMILES string of the molecule is CC(C)OCCOc1ccc(C(C)N)cn1. The van der Waals surface area contributed by atoms with Crippen molar-refractivity contribution in [2.24, 2.45) is 5.73 Å². The molecule has 2 N–H and O–H groups in total. The maximum absolute atomic E-state index is 5.72. The predicted molar refractivity (Wildman–Crippen MR) is 63.4 cm³/mol. The quantitative estimate of drug-likeness (QED) is 0.750. The van der Waals surface area contributed by atoms with Gasteiger partial charge in [0, 0.05) is 18.3 Å². The van der Waals surface area contributed by atoms with Crippen LogP contribution >= 0.6 is 0 Å². The Labute approximate surface area is 96.8 Å². The molecule has 0 aliphatic heterocycles. The number of hydrogen-bond donors (Lipinski definition) is 1. The van der Waals surface area contributed by atoms with Crippen molar-refractivity contribution in [1.29, 1.82) is 0 Å². The van der Waals surface area contributed by atoms with Gasteiger partial charge in [-0.1, -0.05) is 6.07 Å². The molecule has 4 nitrogen and oxygen atoms in total. The fourth-order valence-corrected chi connectivity index (χ4v) is 1.18. The van der Waals surface area contributed by atoms with Gasteiger partial charge < -0.3 is 15.2 Å². The minimum atomic E-state index is 0.00539.